The van der Waals surface area contributed by atoms with E-state index in [0.29, 0.717) is 19.0 Å². The minimum absolute atomic E-state index is 0. The number of halogens is 2. The molecule has 1 fully saturated rings. The molecule has 1 unspecified atom stereocenters. The molecule has 1 heterocycles. The summed E-state index contributed by atoms with van der Waals surface area (Å²) in [6, 6.07) is 9.32. The Labute approximate surface area is 175 Å². The van der Waals surface area contributed by atoms with Gasteiger partial charge in [0, 0.05) is 13.1 Å². The molecular formula is C20H35Cl2N3O2. The molecule has 4 N–H and O–H groups in total. The van der Waals surface area contributed by atoms with Gasteiger partial charge in [0.1, 0.15) is 0 Å². The Morgan fingerprint density at radius 2 is 1.78 bits per heavy atom. The van der Waals surface area contributed by atoms with Crippen LogP contribution >= 0.6 is 24.8 Å². The first-order chi connectivity index (χ1) is 11.8. The molecule has 0 saturated carbocycles. The van der Waals surface area contributed by atoms with Crippen molar-refractivity contribution in [2.75, 3.05) is 26.2 Å². The van der Waals surface area contributed by atoms with E-state index in [-0.39, 0.29) is 36.1 Å². The molecule has 1 aliphatic rings. The van der Waals surface area contributed by atoms with Crippen LogP contribution in [0.3, 0.4) is 0 Å². The number of aliphatic hydroxyl groups excluding tert-OH is 1. The molecule has 0 bridgehead atoms. The molecule has 27 heavy (non-hydrogen) atoms. The molecule has 156 valence electrons. The number of hydrogen-bond donors (Lipinski definition) is 3. The second-order valence-corrected chi connectivity index (χ2v) is 8.26. The van der Waals surface area contributed by atoms with Gasteiger partial charge in [0.05, 0.1) is 12.1 Å². The topological polar surface area (TPSA) is 78.6 Å². The molecule has 2 rings (SSSR count). The van der Waals surface area contributed by atoms with Crippen LogP contribution < -0.4 is 11.1 Å². The van der Waals surface area contributed by atoms with Gasteiger partial charge in [-0.25, -0.2) is 0 Å². The SMILES string of the molecule is CC(C)(C)[C@H](N)C(=O)NCC1CCN(CC(O)c2ccccc2)CC1.Cl.Cl. The zero-order valence-corrected chi connectivity index (χ0v) is 18.2. The minimum atomic E-state index is -0.478. The van der Waals surface area contributed by atoms with Crippen molar-refractivity contribution in [1.82, 2.24) is 10.2 Å². The predicted octanol–water partition coefficient (Wildman–Crippen LogP) is 2.77. The number of aliphatic hydroxyl groups is 1. The lowest BCUT2D eigenvalue weighted by Gasteiger charge is -2.34. The largest absolute Gasteiger partial charge is 0.387 e. The van der Waals surface area contributed by atoms with E-state index in [1.54, 1.807) is 0 Å². The van der Waals surface area contributed by atoms with Gasteiger partial charge in [0.15, 0.2) is 0 Å². The Balaban J connectivity index is 0.00000338. The summed E-state index contributed by atoms with van der Waals surface area (Å²) in [5.74, 6) is 0.427. The van der Waals surface area contributed by atoms with Crippen molar-refractivity contribution < 1.29 is 9.90 Å². The molecule has 1 aromatic rings. The standard InChI is InChI=1S/C20H33N3O2.2ClH/c1-20(2,3)18(21)19(25)22-13-15-9-11-23(12-10-15)14-17(24)16-7-5-4-6-8-16;;/h4-8,15,17-18,24H,9-14,21H2,1-3H3,(H,22,25);2*1H/t17?,18-;;/m1../s1. The van der Waals surface area contributed by atoms with E-state index in [9.17, 15) is 9.90 Å². The summed E-state index contributed by atoms with van der Waals surface area (Å²) < 4.78 is 0. The van der Waals surface area contributed by atoms with Crippen molar-refractivity contribution in [3.05, 3.63) is 35.9 Å². The molecule has 2 atom stereocenters. The Hall–Kier alpha value is -0.850. The van der Waals surface area contributed by atoms with Crippen molar-refractivity contribution in [2.45, 2.75) is 45.8 Å². The fourth-order valence-electron chi connectivity index (χ4n) is 3.15. The summed E-state index contributed by atoms with van der Waals surface area (Å²) in [6.07, 6.45) is 1.63. The van der Waals surface area contributed by atoms with Gasteiger partial charge in [-0.15, -0.1) is 24.8 Å². The number of nitrogens with two attached hydrogens (primary N) is 1. The Bertz CT molecular complexity index is 544. The van der Waals surface area contributed by atoms with Crippen LogP contribution in [0, 0.1) is 11.3 Å². The van der Waals surface area contributed by atoms with Crippen LogP contribution in [0.5, 0.6) is 0 Å². The van der Waals surface area contributed by atoms with E-state index < -0.39 is 12.1 Å². The molecule has 0 spiro atoms. The maximum atomic E-state index is 12.1. The van der Waals surface area contributed by atoms with Gasteiger partial charge in [0.2, 0.25) is 5.91 Å². The molecule has 1 saturated heterocycles. The highest BCUT2D eigenvalue weighted by atomic mass is 35.5. The molecule has 0 radical (unpaired) electrons. The average Bonchev–Trinajstić information content (AvgIpc) is 2.60. The third kappa shape index (κ3) is 8.36. The van der Waals surface area contributed by atoms with Crippen LogP contribution in [-0.4, -0.2) is 48.1 Å². The number of likely N-dealkylation sites (tertiary alicyclic amines) is 1. The lowest BCUT2D eigenvalue weighted by molar-refractivity contribution is -0.124. The van der Waals surface area contributed by atoms with Crippen LogP contribution in [0.4, 0.5) is 0 Å². The van der Waals surface area contributed by atoms with Gasteiger partial charge in [-0.2, -0.15) is 0 Å². The summed E-state index contributed by atoms with van der Waals surface area (Å²) in [6.45, 7) is 9.20. The maximum absolute atomic E-state index is 12.1. The summed E-state index contributed by atoms with van der Waals surface area (Å²) in [7, 11) is 0. The highest BCUT2D eigenvalue weighted by Crippen LogP contribution is 2.21. The lowest BCUT2D eigenvalue weighted by Crippen LogP contribution is -2.50. The maximum Gasteiger partial charge on any atom is 0.237 e. The van der Waals surface area contributed by atoms with E-state index in [0.717, 1.165) is 31.5 Å². The molecule has 1 amide bonds. The fourth-order valence-corrected chi connectivity index (χ4v) is 3.15. The van der Waals surface area contributed by atoms with Crippen molar-refractivity contribution in [2.24, 2.45) is 17.1 Å². The van der Waals surface area contributed by atoms with Crippen LogP contribution in [0.25, 0.3) is 0 Å². The first-order valence-corrected chi connectivity index (χ1v) is 9.26. The summed E-state index contributed by atoms with van der Waals surface area (Å²) in [5, 5.41) is 13.3. The Kier molecular flexibility index (Phi) is 11.5. The smallest absolute Gasteiger partial charge is 0.237 e. The third-order valence-corrected chi connectivity index (χ3v) is 5.10. The second-order valence-electron chi connectivity index (χ2n) is 8.26. The van der Waals surface area contributed by atoms with Gasteiger partial charge in [-0.1, -0.05) is 51.1 Å². The summed E-state index contributed by atoms with van der Waals surface area (Å²) in [5.41, 5.74) is 6.74. The van der Waals surface area contributed by atoms with E-state index >= 15 is 0 Å². The number of nitrogens with zero attached hydrogens (tertiary/aromatic N) is 1. The summed E-state index contributed by atoms with van der Waals surface area (Å²) in [4.78, 5) is 14.4. The number of carbonyl (C=O) groups is 1. The van der Waals surface area contributed by atoms with E-state index in [1.807, 2.05) is 51.1 Å². The normalized spacial score (nSPS) is 18.0. The van der Waals surface area contributed by atoms with Crippen molar-refractivity contribution >= 4 is 30.7 Å². The monoisotopic (exact) mass is 419 g/mol. The summed E-state index contributed by atoms with van der Waals surface area (Å²) >= 11 is 0. The number of amides is 1. The van der Waals surface area contributed by atoms with Crippen molar-refractivity contribution in [1.29, 1.82) is 0 Å². The minimum Gasteiger partial charge on any atom is -0.387 e. The van der Waals surface area contributed by atoms with Crippen molar-refractivity contribution in [3.8, 4) is 0 Å². The molecule has 0 aliphatic carbocycles. The van der Waals surface area contributed by atoms with Crippen LogP contribution in [-0.2, 0) is 4.79 Å². The van der Waals surface area contributed by atoms with Crippen LogP contribution in [0.1, 0.15) is 45.3 Å². The van der Waals surface area contributed by atoms with E-state index in [1.165, 1.54) is 0 Å². The third-order valence-electron chi connectivity index (χ3n) is 5.10. The molecule has 1 aromatic carbocycles. The van der Waals surface area contributed by atoms with Gasteiger partial charge in [0.25, 0.3) is 0 Å². The number of rotatable bonds is 6. The number of benzene rings is 1. The van der Waals surface area contributed by atoms with Crippen LogP contribution in [0.15, 0.2) is 30.3 Å². The quantitative estimate of drug-likeness (QED) is 0.661. The number of hydrogen-bond acceptors (Lipinski definition) is 4. The Morgan fingerprint density at radius 3 is 2.30 bits per heavy atom. The molecule has 7 heteroatoms. The Morgan fingerprint density at radius 1 is 1.22 bits per heavy atom. The number of β-amino-alcohol motifs (C(OH)–C–C–N with tert-alkyl or cyclic N) is 1. The average molecular weight is 420 g/mol. The van der Waals surface area contributed by atoms with Gasteiger partial charge < -0.3 is 21.1 Å². The lowest BCUT2D eigenvalue weighted by atomic mass is 9.86. The molecule has 1 aliphatic heterocycles. The van der Waals surface area contributed by atoms with Gasteiger partial charge in [-0.3, -0.25) is 4.79 Å². The number of piperidine rings is 1. The van der Waals surface area contributed by atoms with Crippen LogP contribution in [0.2, 0.25) is 0 Å². The number of nitrogens with one attached hydrogen (secondary N) is 1. The zero-order chi connectivity index (χ0) is 18.4. The highest BCUT2D eigenvalue weighted by molar-refractivity contribution is 5.85. The molecular weight excluding hydrogens is 385 g/mol. The van der Waals surface area contributed by atoms with E-state index in [2.05, 4.69) is 10.2 Å². The molecule has 0 aromatic heterocycles. The first kappa shape index (κ1) is 26.1. The van der Waals surface area contributed by atoms with Gasteiger partial charge >= 0.3 is 0 Å². The van der Waals surface area contributed by atoms with Gasteiger partial charge in [-0.05, 0) is 42.8 Å². The second kappa shape index (κ2) is 11.9. The zero-order valence-electron chi connectivity index (χ0n) is 16.6. The fraction of sp³-hybridized carbons (Fsp3) is 0.650. The first-order valence-electron chi connectivity index (χ1n) is 9.26. The molecule has 5 nitrogen and oxygen atoms in total. The predicted molar refractivity (Wildman–Crippen MR) is 116 cm³/mol. The number of carbonyl (C=O) groups excluding carboxylic acids is 1. The van der Waals surface area contributed by atoms with Crippen molar-refractivity contribution in [3.63, 3.8) is 0 Å². The highest BCUT2D eigenvalue weighted by Gasteiger charge is 2.28. The van der Waals surface area contributed by atoms with E-state index in [4.69, 9.17) is 5.73 Å².